The van der Waals surface area contributed by atoms with E-state index in [1.54, 1.807) is 24.3 Å². The van der Waals surface area contributed by atoms with E-state index in [0.717, 1.165) is 0 Å². The Morgan fingerprint density at radius 3 is 2.06 bits per heavy atom. The van der Waals surface area contributed by atoms with Crippen LogP contribution in [0, 0.1) is 0 Å². The maximum Gasteiger partial charge on any atom is 0.303 e. The zero-order chi connectivity index (χ0) is 23.7. The number of benzene rings is 1. The normalized spacial score (nSPS) is 24.7. The van der Waals surface area contributed by atoms with Crippen molar-refractivity contribution < 1.29 is 47.5 Å². The van der Waals surface area contributed by atoms with Crippen LogP contribution in [0.4, 0.5) is 0 Å². The lowest BCUT2D eigenvalue weighted by Crippen LogP contribution is -2.63. The summed E-state index contributed by atoms with van der Waals surface area (Å²) < 4.78 is 38.7. The highest BCUT2D eigenvalue weighted by molar-refractivity contribution is 5.67. The summed E-state index contributed by atoms with van der Waals surface area (Å²) in [5.74, 6) is -0.766. The molecule has 0 spiro atoms. The molecule has 0 bridgehead atoms. The van der Waals surface area contributed by atoms with Crippen LogP contribution in [0.15, 0.2) is 36.9 Å². The summed E-state index contributed by atoms with van der Waals surface area (Å²) in [6.07, 6.45) is -3.76. The fourth-order valence-corrected chi connectivity index (χ4v) is 3.12. The predicted molar refractivity (Wildman–Crippen MR) is 110 cm³/mol. The average Bonchev–Trinajstić information content (AvgIpc) is 2.73. The summed E-state index contributed by atoms with van der Waals surface area (Å²) in [5.41, 5.74) is 0. The molecule has 1 saturated heterocycles. The molecule has 0 N–H and O–H groups in total. The Morgan fingerprint density at radius 1 is 0.938 bits per heavy atom. The van der Waals surface area contributed by atoms with Gasteiger partial charge in [-0.25, -0.2) is 0 Å². The first kappa shape index (κ1) is 25.2. The number of esters is 3. The molecule has 10 nitrogen and oxygen atoms in total. The molecule has 1 heterocycles. The second kappa shape index (κ2) is 12.1. The van der Waals surface area contributed by atoms with Crippen LogP contribution in [-0.2, 0) is 38.1 Å². The monoisotopic (exact) mass is 452 g/mol. The molecule has 1 aromatic carbocycles. The predicted octanol–water partition coefficient (Wildman–Crippen LogP) is 1.80. The van der Waals surface area contributed by atoms with E-state index < -0.39 is 48.6 Å². The highest BCUT2D eigenvalue weighted by Crippen LogP contribution is 2.31. The lowest BCUT2D eigenvalue weighted by Gasteiger charge is -2.44. The van der Waals surface area contributed by atoms with Crippen LogP contribution in [0.2, 0.25) is 0 Å². The van der Waals surface area contributed by atoms with E-state index in [9.17, 15) is 14.4 Å². The van der Waals surface area contributed by atoms with E-state index in [2.05, 4.69) is 6.58 Å². The Bertz CT molecular complexity index is 790. The Labute approximate surface area is 186 Å². The topological polar surface area (TPSA) is 116 Å². The Morgan fingerprint density at radius 2 is 1.53 bits per heavy atom. The second-order valence-electron chi connectivity index (χ2n) is 6.87. The van der Waals surface area contributed by atoms with Gasteiger partial charge in [0.15, 0.2) is 12.2 Å². The van der Waals surface area contributed by atoms with Gasteiger partial charge in [0, 0.05) is 20.8 Å². The van der Waals surface area contributed by atoms with E-state index in [1.807, 2.05) is 0 Å². The van der Waals surface area contributed by atoms with Crippen molar-refractivity contribution >= 4 is 17.9 Å². The largest absolute Gasteiger partial charge is 0.497 e. The van der Waals surface area contributed by atoms with Crippen LogP contribution >= 0.6 is 0 Å². The molecular formula is C22H28O10. The number of methoxy groups -OCH3 is 1. The number of hydrogen-bond acceptors (Lipinski definition) is 10. The number of carbonyl (C=O) groups excluding carboxylic acids is 3. The van der Waals surface area contributed by atoms with Gasteiger partial charge in [-0.2, -0.15) is 0 Å². The Balaban J connectivity index is 2.39. The van der Waals surface area contributed by atoms with E-state index >= 15 is 0 Å². The van der Waals surface area contributed by atoms with Crippen molar-refractivity contribution in [3.05, 3.63) is 36.9 Å². The van der Waals surface area contributed by atoms with Crippen LogP contribution in [-0.4, -0.2) is 68.9 Å². The van der Waals surface area contributed by atoms with Gasteiger partial charge < -0.3 is 33.2 Å². The summed E-state index contributed by atoms with van der Waals surface area (Å²) in [4.78, 5) is 35.0. The maximum atomic E-state index is 11.8. The van der Waals surface area contributed by atoms with Crippen LogP contribution < -0.4 is 9.47 Å². The van der Waals surface area contributed by atoms with Gasteiger partial charge in [0.2, 0.25) is 6.29 Å². The third kappa shape index (κ3) is 7.24. The summed E-state index contributed by atoms with van der Waals surface area (Å²) in [6.45, 7) is 7.12. The van der Waals surface area contributed by atoms with Crippen molar-refractivity contribution in [2.45, 2.75) is 51.5 Å². The molecule has 5 atom stereocenters. The molecule has 1 fully saturated rings. The molecule has 1 aromatic rings. The molecule has 0 aromatic heterocycles. The molecular weight excluding hydrogens is 424 g/mol. The molecule has 0 amide bonds. The summed E-state index contributed by atoms with van der Waals surface area (Å²) >= 11 is 0. The first-order valence-corrected chi connectivity index (χ1v) is 9.91. The zero-order valence-corrected chi connectivity index (χ0v) is 18.5. The van der Waals surface area contributed by atoms with Gasteiger partial charge in [0.05, 0.1) is 13.7 Å². The van der Waals surface area contributed by atoms with Gasteiger partial charge in [-0.3, -0.25) is 14.4 Å². The van der Waals surface area contributed by atoms with Crippen LogP contribution in [0.5, 0.6) is 11.5 Å². The van der Waals surface area contributed by atoms with E-state index in [-0.39, 0.29) is 13.2 Å². The molecule has 176 valence electrons. The van der Waals surface area contributed by atoms with Crippen molar-refractivity contribution in [2.24, 2.45) is 0 Å². The fraction of sp³-hybridized carbons (Fsp3) is 0.500. The molecule has 0 radical (unpaired) electrons. The standard InChI is InChI=1S/C22H28O10/c1-6-11-27-20-19(29-14(3)24)18(12-28-13(2)23)32-22(21(20)30-15(4)25)31-17-9-7-16(26-5)8-10-17/h6-10,18-22H,1,11-12H2,2-5H3/t18-,19-,20+,21-,22-/m1/s1. The van der Waals surface area contributed by atoms with Crippen LogP contribution in [0.1, 0.15) is 20.8 Å². The zero-order valence-electron chi connectivity index (χ0n) is 18.5. The van der Waals surface area contributed by atoms with E-state index in [0.29, 0.717) is 11.5 Å². The lowest BCUT2D eigenvalue weighted by atomic mass is 9.98. The molecule has 1 aliphatic rings. The molecule has 0 unspecified atom stereocenters. The van der Waals surface area contributed by atoms with Gasteiger partial charge in [0.1, 0.15) is 30.3 Å². The third-order valence-electron chi connectivity index (χ3n) is 4.36. The first-order chi connectivity index (χ1) is 15.2. The minimum absolute atomic E-state index is 0.0652. The molecule has 0 saturated carbocycles. The van der Waals surface area contributed by atoms with Crippen LogP contribution in [0.25, 0.3) is 0 Å². The van der Waals surface area contributed by atoms with Crippen molar-refractivity contribution in [3.8, 4) is 11.5 Å². The number of carbonyl (C=O) groups is 3. The van der Waals surface area contributed by atoms with Crippen molar-refractivity contribution in [1.29, 1.82) is 0 Å². The smallest absolute Gasteiger partial charge is 0.303 e. The maximum absolute atomic E-state index is 11.8. The Kier molecular flexibility index (Phi) is 9.48. The van der Waals surface area contributed by atoms with Crippen molar-refractivity contribution in [2.75, 3.05) is 20.3 Å². The SMILES string of the molecule is C=CCO[C@@H]1[C@@H](OC(C)=O)[C@H](Oc2ccc(OC)cc2)O[C@H](COC(C)=O)[C@H]1OC(C)=O. The van der Waals surface area contributed by atoms with Gasteiger partial charge in [-0.05, 0) is 24.3 Å². The third-order valence-corrected chi connectivity index (χ3v) is 4.36. The minimum atomic E-state index is -1.16. The van der Waals surface area contributed by atoms with Crippen LogP contribution in [0.3, 0.4) is 0 Å². The summed E-state index contributed by atoms with van der Waals surface area (Å²) in [5, 5.41) is 0. The van der Waals surface area contributed by atoms with Crippen molar-refractivity contribution in [3.63, 3.8) is 0 Å². The molecule has 0 aliphatic carbocycles. The Hall–Kier alpha value is -3.11. The second-order valence-corrected chi connectivity index (χ2v) is 6.87. The lowest BCUT2D eigenvalue weighted by molar-refractivity contribution is -0.291. The molecule has 10 heteroatoms. The van der Waals surface area contributed by atoms with E-state index in [4.69, 9.17) is 33.2 Å². The first-order valence-electron chi connectivity index (χ1n) is 9.91. The molecule has 1 aliphatic heterocycles. The number of hydrogen-bond donors (Lipinski definition) is 0. The van der Waals surface area contributed by atoms with Gasteiger partial charge in [-0.1, -0.05) is 6.08 Å². The van der Waals surface area contributed by atoms with Gasteiger partial charge >= 0.3 is 17.9 Å². The highest BCUT2D eigenvalue weighted by atomic mass is 16.7. The quantitative estimate of drug-likeness (QED) is 0.296. The molecule has 32 heavy (non-hydrogen) atoms. The summed E-state index contributed by atoms with van der Waals surface area (Å²) in [7, 11) is 1.53. The fourth-order valence-electron chi connectivity index (χ4n) is 3.12. The summed E-state index contributed by atoms with van der Waals surface area (Å²) in [6, 6.07) is 6.66. The minimum Gasteiger partial charge on any atom is -0.497 e. The van der Waals surface area contributed by atoms with E-state index in [1.165, 1.54) is 34.0 Å². The molecule has 2 rings (SSSR count). The highest BCUT2D eigenvalue weighted by Gasteiger charge is 2.52. The van der Waals surface area contributed by atoms with Gasteiger partial charge in [-0.15, -0.1) is 6.58 Å². The number of rotatable bonds is 10. The van der Waals surface area contributed by atoms with Crippen molar-refractivity contribution in [1.82, 2.24) is 0 Å². The number of ether oxygens (including phenoxy) is 7. The average molecular weight is 452 g/mol. The van der Waals surface area contributed by atoms with Gasteiger partial charge in [0.25, 0.3) is 0 Å².